The Labute approximate surface area is 91.9 Å². The monoisotopic (exact) mass is 221 g/mol. The summed E-state index contributed by atoms with van der Waals surface area (Å²) in [5, 5.41) is 1.29. The van der Waals surface area contributed by atoms with Gasteiger partial charge in [-0.25, -0.2) is 9.37 Å². The minimum Gasteiger partial charge on any atom is -0.249 e. The molecule has 1 aliphatic carbocycles. The van der Waals surface area contributed by atoms with E-state index in [0.29, 0.717) is 21.8 Å². The number of hydrogen-bond donors (Lipinski definition) is 0. The molecule has 1 aromatic carbocycles. The van der Waals surface area contributed by atoms with E-state index in [1.807, 2.05) is 6.07 Å². The molecule has 3 rings (SSSR count). The maximum Gasteiger partial charge on any atom is 0.149 e. The van der Waals surface area contributed by atoms with Gasteiger partial charge < -0.3 is 0 Å². The summed E-state index contributed by atoms with van der Waals surface area (Å²) in [5.41, 5.74) is 1.32. The molecule has 0 aliphatic heterocycles. The largest absolute Gasteiger partial charge is 0.249 e. The van der Waals surface area contributed by atoms with Crippen molar-refractivity contribution >= 4 is 22.5 Å². The maximum atomic E-state index is 13.5. The molecule has 0 atom stereocenters. The second-order valence-corrected chi connectivity index (χ2v) is 4.35. The average Bonchev–Trinajstić information content (AvgIpc) is 3.02. The van der Waals surface area contributed by atoms with Gasteiger partial charge in [0.25, 0.3) is 0 Å². The van der Waals surface area contributed by atoms with Gasteiger partial charge >= 0.3 is 0 Å². The van der Waals surface area contributed by atoms with Crippen LogP contribution < -0.4 is 0 Å². The van der Waals surface area contributed by atoms with Gasteiger partial charge in [-0.05, 0) is 25.0 Å². The number of benzene rings is 1. The van der Waals surface area contributed by atoms with Crippen molar-refractivity contribution in [3.8, 4) is 0 Å². The molecule has 3 heteroatoms. The summed E-state index contributed by atoms with van der Waals surface area (Å²) in [6, 6.07) is 6.73. The van der Waals surface area contributed by atoms with Crippen molar-refractivity contribution in [2.75, 3.05) is 0 Å². The molecule has 0 bridgehead atoms. The van der Waals surface area contributed by atoms with Gasteiger partial charge in [-0.2, -0.15) is 0 Å². The molecule has 15 heavy (non-hydrogen) atoms. The summed E-state index contributed by atoms with van der Waals surface area (Å²) in [6.45, 7) is 0. The number of pyridine rings is 1. The lowest BCUT2D eigenvalue weighted by Crippen LogP contribution is -1.91. The third kappa shape index (κ3) is 1.49. The van der Waals surface area contributed by atoms with E-state index in [1.165, 1.54) is 6.07 Å². The van der Waals surface area contributed by atoms with Crippen LogP contribution in [0.15, 0.2) is 24.3 Å². The summed E-state index contributed by atoms with van der Waals surface area (Å²) in [7, 11) is 0. The SMILES string of the molecule is Fc1cccc2c(Cl)cc(C3CC3)nc12. The number of fused-ring (bicyclic) bond motifs is 1. The van der Waals surface area contributed by atoms with Crippen molar-refractivity contribution in [1.82, 2.24) is 4.98 Å². The van der Waals surface area contributed by atoms with Gasteiger partial charge in [0.05, 0.1) is 5.02 Å². The molecule has 0 spiro atoms. The second kappa shape index (κ2) is 3.17. The van der Waals surface area contributed by atoms with Gasteiger partial charge in [-0.1, -0.05) is 23.7 Å². The average molecular weight is 222 g/mol. The fourth-order valence-corrected chi connectivity index (χ4v) is 2.04. The molecule has 1 fully saturated rings. The Hall–Kier alpha value is -1.15. The number of rotatable bonds is 1. The van der Waals surface area contributed by atoms with E-state index in [-0.39, 0.29) is 5.82 Å². The second-order valence-electron chi connectivity index (χ2n) is 3.94. The zero-order valence-electron chi connectivity index (χ0n) is 8.00. The summed E-state index contributed by atoms with van der Waals surface area (Å²) in [6.07, 6.45) is 2.28. The van der Waals surface area contributed by atoms with E-state index < -0.39 is 0 Å². The summed E-state index contributed by atoms with van der Waals surface area (Å²) in [5.74, 6) is 0.198. The Morgan fingerprint density at radius 1 is 1.33 bits per heavy atom. The molecular weight excluding hydrogens is 213 g/mol. The fraction of sp³-hybridized carbons (Fsp3) is 0.250. The molecular formula is C12H9ClFN. The molecule has 1 aliphatic rings. The van der Waals surface area contributed by atoms with E-state index in [0.717, 1.165) is 18.5 Å². The highest BCUT2D eigenvalue weighted by Crippen LogP contribution is 2.41. The molecule has 1 aromatic heterocycles. The zero-order valence-corrected chi connectivity index (χ0v) is 8.76. The van der Waals surface area contributed by atoms with Crippen LogP contribution in [-0.4, -0.2) is 4.98 Å². The summed E-state index contributed by atoms with van der Waals surface area (Å²) in [4.78, 5) is 4.34. The Morgan fingerprint density at radius 2 is 2.13 bits per heavy atom. The first-order valence-electron chi connectivity index (χ1n) is 5.00. The van der Waals surface area contributed by atoms with Crippen LogP contribution in [0.5, 0.6) is 0 Å². The highest BCUT2D eigenvalue weighted by molar-refractivity contribution is 6.35. The number of nitrogens with zero attached hydrogens (tertiary/aromatic N) is 1. The first-order chi connectivity index (χ1) is 7.25. The van der Waals surface area contributed by atoms with Crippen LogP contribution in [0.4, 0.5) is 4.39 Å². The molecule has 0 radical (unpaired) electrons. The van der Waals surface area contributed by atoms with Crippen LogP contribution in [0.3, 0.4) is 0 Å². The number of halogens is 2. The Morgan fingerprint density at radius 3 is 2.87 bits per heavy atom. The number of aromatic nitrogens is 1. The standard InChI is InChI=1S/C12H9ClFN/c13-9-6-11(7-4-5-7)15-12-8(9)2-1-3-10(12)14/h1-3,6-7H,4-5H2. The normalized spacial score (nSPS) is 15.9. The van der Waals surface area contributed by atoms with Crippen LogP contribution in [0.1, 0.15) is 24.5 Å². The molecule has 0 saturated heterocycles. The van der Waals surface area contributed by atoms with Gasteiger partial charge in [0.1, 0.15) is 11.3 Å². The van der Waals surface area contributed by atoms with Crippen molar-refractivity contribution in [2.45, 2.75) is 18.8 Å². The molecule has 0 amide bonds. The van der Waals surface area contributed by atoms with Crippen LogP contribution >= 0.6 is 11.6 Å². The smallest absolute Gasteiger partial charge is 0.149 e. The third-order valence-electron chi connectivity index (χ3n) is 2.76. The molecule has 2 aromatic rings. The molecule has 1 heterocycles. The molecule has 1 nitrogen and oxygen atoms in total. The van der Waals surface area contributed by atoms with Crippen molar-refractivity contribution in [3.63, 3.8) is 0 Å². The van der Waals surface area contributed by atoms with E-state index in [4.69, 9.17) is 11.6 Å². The number of hydrogen-bond acceptors (Lipinski definition) is 1. The highest BCUT2D eigenvalue weighted by Gasteiger charge is 2.26. The van der Waals surface area contributed by atoms with Crippen LogP contribution in [-0.2, 0) is 0 Å². The van der Waals surface area contributed by atoms with E-state index in [1.54, 1.807) is 12.1 Å². The fourth-order valence-electron chi connectivity index (χ4n) is 1.78. The van der Waals surface area contributed by atoms with Crippen LogP contribution in [0.25, 0.3) is 10.9 Å². The topological polar surface area (TPSA) is 12.9 Å². The molecule has 76 valence electrons. The number of para-hydroxylation sites is 1. The highest BCUT2D eigenvalue weighted by atomic mass is 35.5. The summed E-state index contributed by atoms with van der Waals surface area (Å²) < 4.78 is 13.5. The van der Waals surface area contributed by atoms with Crippen LogP contribution in [0.2, 0.25) is 5.02 Å². The van der Waals surface area contributed by atoms with Crippen molar-refractivity contribution < 1.29 is 4.39 Å². The van der Waals surface area contributed by atoms with Gasteiger partial charge in [0.2, 0.25) is 0 Å². The minimum atomic E-state index is -0.295. The molecule has 0 unspecified atom stereocenters. The van der Waals surface area contributed by atoms with Crippen LogP contribution in [0, 0.1) is 5.82 Å². The Bertz CT molecular complexity index is 534. The lowest BCUT2D eigenvalue weighted by atomic mass is 10.1. The van der Waals surface area contributed by atoms with Gasteiger partial charge in [-0.3, -0.25) is 0 Å². The van der Waals surface area contributed by atoms with E-state index in [9.17, 15) is 4.39 Å². The van der Waals surface area contributed by atoms with Gasteiger partial charge in [-0.15, -0.1) is 0 Å². The first kappa shape index (κ1) is 9.10. The minimum absolute atomic E-state index is 0.295. The predicted octanol–water partition coefficient (Wildman–Crippen LogP) is 3.90. The van der Waals surface area contributed by atoms with E-state index >= 15 is 0 Å². The molecule has 1 saturated carbocycles. The van der Waals surface area contributed by atoms with Crippen molar-refractivity contribution in [1.29, 1.82) is 0 Å². The Balaban J connectivity index is 2.32. The van der Waals surface area contributed by atoms with E-state index in [2.05, 4.69) is 4.98 Å². The maximum absolute atomic E-state index is 13.5. The van der Waals surface area contributed by atoms with Gasteiger partial charge in [0, 0.05) is 17.0 Å². The Kier molecular flexibility index (Phi) is 1.93. The zero-order chi connectivity index (χ0) is 10.4. The van der Waals surface area contributed by atoms with Gasteiger partial charge in [0.15, 0.2) is 0 Å². The first-order valence-corrected chi connectivity index (χ1v) is 5.38. The summed E-state index contributed by atoms with van der Waals surface area (Å²) >= 11 is 6.10. The predicted molar refractivity (Wildman–Crippen MR) is 58.7 cm³/mol. The quantitative estimate of drug-likeness (QED) is 0.712. The van der Waals surface area contributed by atoms with Crippen molar-refractivity contribution in [2.24, 2.45) is 0 Å². The molecule has 0 N–H and O–H groups in total. The third-order valence-corrected chi connectivity index (χ3v) is 3.07. The lowest BCUT2D eigenvalue weighted by Gasteiger charge is -2.04. The lowest BCUT2D eigenvalue weighted by molar-refractivity contribution is 0.636. The van der Waals surface area contributed by atoms with Crippen molar-refractivity contribution in [3.05, 3.63) is 40.8 Å².